The molecule has 1 rings (SSSR count). The standard InChI is InChI=1S/C14H15F2NO5/c1-21-13(19)7-11(14(20)22-2)17-12(18)6-8-9(15)4-3-5-10(8)16/h3-5,11H,6-7H2,1-2H3,(H,17,18)/t11-/m1/s1. The van der Waals surface area contributed by atoms with Crippen molar-refractivity contribution >= 4 is 17.8 Å². The third-order valence-electron chi connectivity index (χ3n) is 2.82. The highest BCUT2D eigenvalue weighted by atomic mass is 19.1. The van der Waals surface area contributed by atoms with Gasteiger partial charge in [-0.05, 0) is 12.1 Å². The fraction of sp³-hybridized carbons (Fsp3) is 0.357. The molecule has 6 nitrogen and oxygen atoms in total. The van der Waals surface area contributed by atoms with Crippen LogP contribution in [0.5, 0.6) is 0 Å². The van der Waals surface area contributed by atoms with Crippen LogP contribution in [0.25, 0.3) is 0 Å². The Morgan fingerprint density at radius 1 is 1.14 bits per heavy atom. The normalized spacial score (nSPS) is 11.5. The predicted octanol–water partition coefficient (Wildman–Crippen LogP) is 0.728. The summed E-state index contributed by atoms with van der Waals surface area (Å²) in [5, 5.41) is 2.19. The lowest BCUT2D eigenvalue weighted by molar-refractivity contribution is -0.150. The van der Waals surface area contributed by atoms with Crippen molar-refractivity contribution < 1.29 is 32.6 Å². The lowest BCUT2D eigenvalue weighted by Crippen LogP contribution is -2.43. The number of carbonyl (C=O) groups is 3. The van der Waals surface area contributed by atoms with Gasteiger partial charge in [-0.1, -0.05) is 6.07 Å². The van der Waals surface area contributed by atoms with E-state index in [0.717, 1.165) is 26.4 Å². The monoisotopic (exact) mass is 315 g/mol. The Hall–Kier alpha value is -2.51. The van der Waals surface area contributed by atoms with Crippen LogP contribution in [0.15, 0.2) is 18.2 Å². The fourth-order valence-electron chi connectivity index (χ4n) is 1.69. The average molecular weight is 315 g/mol. The zero-order valence-electron chi connectivity index (χ0n) is 12.0. The van der Waals surface area contributed by atoms with E-state index < -0.39 is 53.9 Å². The van der Waals surface area contributed by atoms with Gasteiger partial charge in [-0.3, -0.25) is 9.59 Å². The lowest BCUT2D eigenvalue weighted by Gasteiger charge is -2.15. The van der Waals surface area contributed by atoms with E-state index in [4.69, 9.17) is 0 Å². The predicted molar refractivity (Wildman–Crippen MR) is 70.6 cm³/mol. The van der Waals surface area contributed by atoms with Gasteiger partial charge in [0.15, 0.2) is 0 Å². The van der Waals surface area contributed by atoms with Gasteiger partial charge in [0.2, 0.25) is 5.91 Å². The van der Waals surface area contributed by atoms with Crippen molar-refractivity contribution in [3.05, 3.63) is 35.4 Å². The van der Waals surface area contributed by atoms with Crippen molar-refractivity contribution in [1.82, 2.24) is 5.32 Å². The smallest absolute Gasteiger partial charge is 0.328 e. The minimum atomic E-state index is -1.29. The molecular formula is C14H15F2NO5. The molecule has 0 unspecified atom stereocenters. The molecule has 0 fully saturated rings. The van der Waals surface area contributed by atoms with Crippen molar-refractivity contribution in [2.24, 2.45) is 0 Å². The van der Waals surface area contributed by atoms with Crippen LogP contribution in [0.1, 0.15) is 12.0 Å². The summed E-state index contributed by atoms with van der Waals surface area (Å²) in [7, 11) is 2.20. The molecule has 1 aromatic carbocycles. The maximum Gasteiger partial charge on any atom is 0.328 e. The van der Waals surface area contributed by atoms with Crippen molar-refractivity contribution in [3.63, 3.8) is 0 Å². The molecule has 0 saturated heterocycles. The molecule has 0 aliphatic rings. The summed E-state index contributed by atoms with van der Waals surface area (Å²) in [5.41, 5.74) is -0.429. The molecule has 0 bridgehead atoms. The topological polar surface area (TPSA) is 81.7 Å². The Kier molecular flexibility index (Phi) is 6.43. The molecule has 1 atom stereocenters. The van der Waals surface area contributed by atoms with Crippen molar-refractivity contribution in [3.8, 4) is 0 Å². The van der Waals surface area contributed by atoms with Gasteiger partial charge in [0.1, 0.15) is 17.7 Å². The highest BCUT2D eigenvalue weighted by Gasteiger charge is 2.25. The Morgan fingerprint density at radius 3 is 2.23 bits per heavy atom. The second-order valence-electron chi connectivity index (χ2n) is 4.30. The van der Waals surface area contributed by atoms with Crippen LogP contribution >= 0.6 is 0 Å². The fourth-order valence-corrected chi connectivity index (χ4v) is 1.69. The van der Waals surface area contributed by atoms with Crippen molar-refractivity contribution in [2.75, 3.05) is 14.2 Å². The number of esters is 2. The van der Waals surface area contributed by atoms with E-state index in [1.807, 2.05) is 0 Å². The van der Waals surface area contributed by atoms with Crippen LogP contribution in [0.4, 0.5) is 8.78 Å². The first-order chi connectivity index (χ1) is 10.4. The molecule has 0 saturated carbocycles. The number of methoxy groups -OCH3 is 2. The lowest BCUT2D eigenvalue weighted by atomic mass is 10.1. The summed E-state index contributed by atoms with van der Waals surface area (Å²) in [4.78, 5) is 34.5. The third-order valence-corrected chi connectivity index (χ3v) is 2.82. The van der Waals surface area contributed by atoms with E-state index in [1.165, 1.54) is 6.07 Å². The zero-order chi connectivity index (χ0) is 16.7. The molecule has 0 aliphatic heterocycles. The number of rotatable bonds is 6. The van der Waals surface area contributed by atoms with Crippen LogP contribution in [-0.4, -0.2) is 38.1 Å². The summed E-state index contributed by atoms with van der Waals surface area (Å²) < 4.78 is 35.7. The van der Waals surface area contributed by atoms with Gasteiger partial charge in [0.25, 0.3) is 0 Å². The van der Waals surface area contributed by atoms with Gasteiger partial charge in [-0.2, -0.15) is 0 Å². The van der Waals surface area contributed by atoms with Gasteiger partial charge in [0, 0.05) is 5.56 Å². The molecule has 0 aromatic heterocycles. The molecule has 1 N–H and O–H groups in total. The first-order valence-electron chi connectivity index (χ1n) is 6.26. The van der Waals surface area contributed by atoms with Crippen molar-refractivity contribution in [1.29, 1.82) is 0 Å². The molecule has 0 spiro atoms. The SMILES string of the molecule is COC(=O)C[C@@H](NC(=O)Cc1c(F)cccc1F)C(=O)OC. The van der Waals surface area contributed by atoms with E-state index in [2.05, 4.69) is 14.8 Å². The molecule has 1 aromatic rings. The quantitative estimate of drug-likeness (QED) is 0.783. The second-order valence-corrected chi connectivity index (χ2v) is 4.30. The van der Waals surface area contributed by atoms with Gasteiger partial charge >= 0.3 is 11.9 Å². The molecule has 0 heterocycles. The first kappa shape index (κ1) is 17.5. The van der Waals surface area contributed by atoms with Gasteiger partial charge in [-0.15, -0.1) is 0 Å². The minimum Gasteiger partial charge on any atom is -0.469 e. The largest absolute Gasteiger partial charge is 0.469 e. The average Bonchev–Trinajstić information content (AvgIpc) is 2.49. The maximum atomic E-state index is 13.5. The van der Waals surface area contributed by atoms with Gasteiger partial charge < -0.3 is 14.8 Å². The van der Waals surface area contributed by atoms with Crippen LogP contribution in [0.3, 0.4) is 0 Å². The van der Waals surface area contributed by atoms with E-state index in [9.17, 15) is 23.2 Å². The molecular weight excluding hydrogens is 300 g/mol. The number of ether oxygens (including phenoxy) is 2. The molecule has 120 valence electrons. The Labute approximate surface area is 125 Å². The minimum absolute atomic E-state index is 0.429. The number of nitrogens with one attached hydrogen (secondary N) is 1. The van der Waals surface area contributed by atoms with Crippen molar-refractivity contribution in [2.45, 2.75) is 18.9 Å². The van der Waals surface area contributed by atoms with Gasteiger partial charge in [-0.25, -0.2) is 13.6 Å². The molecule has 1 amide bonds. The molecule has 22 heavy (non-hydrogen) atoms. The summed E-state index contributed by atoms with van der Waals surface area (Å²) in [6, 6.07) is 1.90. The van der Waals surface area contributed by atoms with Gasteiger partial charge in [0.05, 0.1) is 27.1 Å². The number of halogens is 2. The Morgan fingerprint density at radius 2 is 1.73 bits per heavy atom. The number of hydrogen-bond donors (Lipinski definition) is 1. The highest BCUT2D eigenvalue weighted by molar-refractivity contribution is 5.88. The van der Waals surface area contributed by atoms with Crippen LogP contribution in [0.2, 0.25) is 0 Å². The third kappa shape index (κ3) is 4.80. The number of carbonyl (C=O) groups excluding carboxylic acids is 3. The maximum absolute atomic E-state index is 13.5. The zero-order valence-corrected chi connectivity index (χ0v) is 12.0. The summed E-state index contributed by atoms with van der Waals surface area (Å²) >= 11 is 0. The van der Waals surface area contributed by atoms with E-state index in [0.29, 0.717) is 0 Å². The summed E-state index contributed by atoms with van der Waals surface area (Å²) in [6.45, 7) is 0. The van der Waals surface area contributed by atoms with E-state index in [1.54, 1.807) is 0 Å². The Balaban J connectivity index is 2.78. The van der Waals surface area contributed by atoms with Crippen LogP contribution < -0.4 is 5.32 Å². The number of hydrogen-bond acceptors (Lipinski definition) is 5. The van der Waals surface area contributed by atoms with Crippen LogP contribution in [-0.2, 0) is 30.3 Å². The summed E-state index contributed by atoms with van der Waals surface area (Å²) in [5.74, 6) is -4.20. The van der Waals surface area contributed by atoms with E-state index >= 15 is 0 Å². The van der Waals surface area contributed by atoms with E-state index in [-0.39, 0.29) is 0 Å². The first-order valence-corrected chi connectivity index (χ1v) is 6.26. The number of benzene rings is 1. The molecule has 0 aliphatic carbocycles. The molecule has 8 heteroatoms. The molecule has 0 radical (unpaired) electrons. The summed E-state index contributed by atoms with van der Waals surface area (Å²) in [6.07, 6.45) is -1.07. The Bertz CT molecular complexity index is 556. The number of amides is 1. The second kappa shape index (κ2) is 8.06. The van der Waals surface area contributed by atoms with Crippen LogP contribution in [0, 0.1) is 11.6 Å². The highest BCUT2D eigenvalue weighted by Crippen LogP contribution is 2.12.